The third-order valence-corrected chi connectivity index (χ3v) is 5.11. The van der Waals surface area contributed by atoms with Crippen molar-refractivity contribution in [2.75, 3.05) is 25.0 Å². The van der Waals surface area contributed by atoms with Gasteiger partial charge in [0.25, 0.3) is 0 Å². The summed E-state index contributed by atoms with van der Waals surface area (Å²) >= 11 is 6.09. The summed E-state index contributed by atoms with van der Waals surface area (Å²) in [5, 5.41) is 16.9. The van der Waals surface area contributed by atoms with Crippen LogP contribution in [0.2, 0.25) is 5.02 Å². The number of nitrogens with zero attached hydrogens (tertiary/aromatic N) is 5. The molecule has 2 aromatic heterocycles. The highest BCUT2D eigenvalue weighted by atomic mass is 35.5. The van der Waals surface area contributed by atoms with E-state index >= 15 is 0 Å². The molecule has 1 aliphatic rings. The Hall–Kier alpha value is -2.59. The SMILES string of the molecule is CNC(=O)[C@H]1CN(c2ncc(Cl)c(C)c2C#N)C[C@@H]1c1cnn(C)c1. The van der Waals surface area contributed by atoms with E-state index in [0.29, 0.717) is 35.1 Å². The van der Waals surface area contributed by atoms with Crippen molar-refractivity contribution in [2.24, 2.45) is 13.0 Å². The van der Waals surface area contributed by atoms with Gasteiger partial charge in [-0.3, -0.25) is 9.48 Å². The molecule has 0 bridgehead atoms. The average molecular weight is 359 g/mol. The molecule has 0 unspecified atom stereocenters. The van der Waals surface area contributed by atoms with E-state index in [1.807, 2.05) is 18.1 Å². The maximum Gasteiger partial charge on any atom is 0.225 e. The molecule has 7 nitrogen and oxygen atoms in total. The summed E-state index contributed by atoms with van der Waals surface area (Å²) in [6.07, 6.45) is 5.27. The lowest BCUT2D eigenvalue weighted by molar-refractivity contribution is -0.124. The Morgan fingerprint density at radius 1 is 1.44 bits per heavy atom. The maximum absolute atomic E-state index is 12.4. The van der Waals surface area contributed by atoms with Crippen LogP contribution in [0.4, 0.5) is 5.82 Å². The van der Waals surface area contributed by atoms with Crippen LogP contribution in [0, 0.1) is 24.2 Å². The summed E-state index contributed by atoms with van der Waals surface area (Å²) < 4.78 is 1.73. The first-order valence-electron chi connectivity index (χ1n) is 7.96. The number of nitriles is 1. The number of aromatic nitrogens is 3. The molecule has 0 radical (unpaired) electrons. The highest BCUT2D eigenvalue weighted by Crippen LogP contribution is 2.37. The minimum Gasteiger partial charge on any atom is -0.359 e. The first kappa shape index (κ1) is 17.2. The van der Waals surface area contributed by atoms with E-state index in [0.717, 1.165) is 5.56 Å². The summed E-state index contributed by atoms with van der Waals surface area (Å²) in [7, 11) is 3.49. The molecule has 1 fully saturated rings. The Morgan fingerprint density at radius 3 is 2.80 bits per heavy atom. The molecule has 2 aromatic rings. The summed E-state index contributed by atoms with van der Waals surface area (Å²) in [6, 6.07) is 2.19. The first-order chi connectivity index (χ1) is 12.0. The topological polar surface area (TPSA) is 86.8 Å². The number of pyridine rings is 1. The normalized spacial score (nSPS) is 19.7. The van der Waals surface area contributed by atoms with Crippen LogP contribution in [0.1, 0.15) is 22.6 Å². The van der Waals surface area contributed by atoms with Crippen molar-refractivity contribution in [1.82, 2.24) is 20.1 Å². The van der Waals surface area contributed by atoms with Crippen LogP contribution in [0.3, 0.4) is 0 Å². The number of aryl methyl sites for hydroxylation is 1. The highest BCUT2D eigenvalue weighted by Gasteiger charge is 2.40. The van der Waals surface area contributed by atoms with Gasteiger partial charge in [0.1, 0.15) is 11.9 Å². The van der Waals surface area contributed by atoms with Gasteiger partial charge < -0.3 is 10.2 Å². The van der Waals surface area contributed by atoms with Crippen LogP contribution in [0.15, 0.2) is 18.6 Å². The summed E-state index contributed by atoms with van der Waals surface area (Å²) in [6.45, 7) is 2.88. The van der Waals surface area contributed by atoms with Crippen molar-refractivity contribution >= 4 is 23.3 Å². The summed E-state index contributed by atoms with van der Waals surface area (Å²) in [4.78, 5) is 18.7. The summed E-state index contributed by atoms with van der Waals surface area (Å²) in [5.74, 6) is 0.293. The molecule has 1 saturated heterocycles. The molecule has 1 N–H and O–H groups in total. The number of amides is 1. The van der Waals surface area contributed by atoms with Crippen molar-refractivity contribution in [1.29, 1.82) is 5.26 Å². The van der Waals surface area contributed by atoms with Crippen LogP contribution in [0.25, 0.3) is 0 Å². The second kappa shape index (κ2) is 6.73. The average Bonchev–Trinajstić information content (AvgIpc) is 3.22. The molecule has 0 aliphatic carbocycles. The Bertz CT molecular complexity index is 855. The number of rotatable bonds is 3. The minimum absolute atomic E-state index is 0.0158. The number of hydrogen-bond donors (Lipinski definition) is 1. The van der Waals surface area contributed by atoms with Crippen LogP contribution in [0.5, 0.6) is 0 Å². The monoisotopic (exact) mass is 358 g/mol. The van der Waals surface area contributed by atoms with E-state index in [1.165, 1.54) is 0 Å². The van der Waals surface area contributed by atoms with Crippen LogP contribution < -0.4 is 10.2 Å². The van der Waals surface area contributed by atoms with E-state index in [1.54, 1.807) is 31.0 Å². The predicted molar refractivity (Wildman–Crippen MR) is 94.4 cm³/mol. The zero-order valence-electron chi connectivity index (χ0n) is 14.3. The smallest absolute Gasteiger partial charge is 0.225 e. The van der Waals surface area contributed by atoms with Gasteiger partial charge in [0.15, 0.2) is 0 Å². The van der Waals surface area contributed by atoms with Gasteiger partial charge in [-0.05, 0) is 18.1 Å². The van der Waals surface area contributed by atoms with Crippen molar-refractivity contribution in [3.8, 4) is 6.07 Å². The molecule has 1 aliphatic heterocycles. The van der Waals surface area contributed by atoms with Crippen LogP contribution in [-0.2, 0) is 11.8 Å². The van der Waals surface area contributed by atoms with Gasteiger partial charge in [0, 0.05) is 45.5 Å². The Morgan fingerprint density at radius 2 is 2.20 bits per heavy atom. The molecule has 3 heterocycles. The molecule has 0 spiro atoms. The second-order valence-electron chi connectivity index (χ2n) is 6.22. The lowest BCUT2D eigenvalue weighted by Gasteiger charge is -2.19. The number of anilines is 1. The third kappa shape index (κ3) is 3.05. The number of carbonyl (C=O) groups excluding carboxylic acids is 1. The summed E-state index contributed by atoms with van der Waals surface area (Å²) in [5.41, 5.74) is 2.16. The Labute approximate surface area is 151 Å². The lowest BCUT2D eigenvalue weighted by atomic mass is 9.90. The maximum atomic E-state index is 12.4. The number of halogens is 1. The molecule has 130 valence electrons. The van der Waals surface area contributed by atoms with E-state index in [-0.39, 0.29) is 17.7 Å². The van der Waals surface area contributed by atoms with Gasteiger partial charge >= 0.3 is 0 Å². The molecular formula is C17H19ClN6O. The molecule has 2 atom stereocenters. The zero-order valence-corrected chi connectivity index (χ0v) is 15.1. The molecule has 1 amide bonds. The van der Waals surface area contributed by atoms with Crippen LogP contribution >= 0.6 is 11.6 Å². The van der Waals surface area contributed by atoms with Crippen LogP contribution in [-0.4, -0.2) is 40.8 Å². The highest BCUT2D eigenvalue weighted by molar-refractivity contribution is 6.31. The third-order valence-electron chi connectivity index (χ3n) is 4.72. The predicted octanol–water partition coefficient (Wildman–Crippen LogP) is 1.61. The van der Waals surface area contributed by atoms with Gasteiger partial charge in [-0.1, -0.05) is 11.6 Å². The fraction of sp³-hybridized carbons (Fsp3) is 0.412. The lowest BCUT2D eigenvalue weighted by Crippen LogP contribution is -2.32. The number of hydrogen-bond acceptors (Lipinski definition) is 5. The van der Waals surface area contributed by atoms with E-state index in [2.05, 4.69) is 21.5 Å². The molecule has 25 heavy (non-hydrogen) atoms. The van der Waals surface area contributed by atoms with Crippen molar-refractivity contribution < 1.29 is 4.79 Å². The van der Waals surface area contributed by atoms with E-state index < -0.39 is 0 Å². The van der Waals surface area contributed by atoms with Gasteiger partial charge in [0.05, 0.1) is 22.7 Å². The Kier molecular flexibility index (Phi) is 4.64. The fourth-order valence-electron chi connectivity index (χ4n) is 3.34. The largest absolute Gasteiger partial charge is 0.359 e. The quantitative estimate of drug-likeness (QED) is 0.900. The molecule has 0 aromatic carbocycles. The van der Waals surface area contributed by atoms with Gasteiger partial charge in [-0.15, -0.1) is 0 Å². The first-order valence-corrected chi connectivity index (χ1v) is 8.34. The second-order valence-corrected chi connectivity index (χ2v) is 6.63. The van der Waals surface area contributed by atoms with E-state index in [4.69, 9.17) is 11.6 Å². The van der Waals surface area contributed by atoms with Gasteiger partial charge in [-0.2, -0.15) is 10.4 Å². The molecule has 8 heteroatoms. The zero-order chi connectivity index (χ0) is 18.1. The number of nitrogens with one attached hydrogen (secondary N) is 1. The molecule has 3 rings (SSSR count). The Balaban J connectivity index is 1.99. The molecule has 0 saturated carbocycles. The van der Waals surface area contributed by atoms with Gasteiger partial charge in [-0.25, -0.2) is 4.98 Å². The van der Waals surface area contributed by atoms with E-state index in [9.17, 15) is 10.1 Å². The van der Waals surface area contributed by atoms with Crippen molar-refractivity contribution in [3.63, 3.8) is 0 Å². The van der Waals surface area contributed by atoms with Gasteiger partial charge in [0.2, 0.25) is 5.91 Å². The number of carbonyl (C=O) groups is 1. The van der Waals surface area contributed by atoms with Crippen molar-refractivity contribution in [2.45, 2.75) is 12.8 Å². The standard InChI is InChI=1S/C17H19ClN6O/c1-10-12(4-19)16(21-6-15(10)18)24-8-13(11-5-22-23(3)7-11)14(9-24)17(25)20-2/h5-7,13-14H,8-9H2,1-3H3,(H,20,25)/t13-,14+/m1/s1. The molecular weight excluding hydrogens is 340 g/mol. The fourth-order valence-corrected chi connectivity index (χ4v) is 3.48. The minimum atomic E-state index is -0.237. The van der Waals surface area contributed by atoms with Crippen molar-refractivity contribution in [3.05, 3.63) is 40.3 Å².